The number of halogens is 2. The second kappa shape index (κ2) is 5.67. The summed E-state index contributed by atoms with van der Waals surface area (Å²) in [5.74, 6) is 0. The molecule has 0 fully saturated rings. The quantitative estimate of drug-likeness (QED) is 0.834. The summed E-state index contributed by atoms with van der Waals surface area (Å²) in [6.45, 7) is 3.76. The van der Waals surface area contributed by atoms with Crippen LogP contribution in [0.25, 0.3) is 0 Å². The largest absolute Gasteiger partial charge is 0.278 e. The van der Waals surface area contributed by atoms with Gasteiger partial charge in [-0.2, -0.15) is 0 Å². The molecule has 2 rings (SSSR count). The molecule has 0 saturated carbocycles. The molecule has 0 saturated heterocycles. The average molecular weight is 377 g/mol. The highest BCUT2D eigenvalue weighted by Crippen LogP contribution is 2.29. The van der Waals surface area contributed by atoms with Crippen LogP contribution in [0.1, 0.15) is 11.1 Å². The van der Waals surface area contributed by atoms with Crippen LogP contribution in [0.3, 0.4) is 0 Å². The van der Waals surface area contributed by atoms with Crippen molar-refractivity contribution in [1.82, 2.24) is 9.97 Å². The number of nitrogens with zero attached hydrogens (tertiary/aromatic N) is 2. The Morgan fingerprint density at radius 3 is 2.35 bits per heavy atom. The molecule has 0 aliphatic carbocycles. The van der Waals surface area contributed by atoms with Crippen LogP contribution in [0, 0.1) is 13.8 Å². The van der Waals surface area contributed by atoms with Crippen molar-refractivity contribution in [3.05, 3.63) is 45.4 Å². The fraction of sp³-hybridized carbons (Fsp3) is 0.167. The van der Waals surface area contributed by atoms with E-state index in [1.165, 1.54) is 0 Å². The lowest BCUT2D eigenvalue weighted by molar-refractivity contribution is 0.600. The van der Waals surface area contributed by atoms with Crippen LogP contribution in [0.4, 0.5) is 5.69 Å². The van der Waals surface area contributed by atoms with E-state index in [1.807, 2.05) is 26.0 Å². The number of rotatable bonds is 3. The van der Waals surface area contributed by atoms with Crippen LogP contribution in [0.2, 0.25) is 5.28 Å². The Kier molecular flexibility index (Phi) is 4.31. The lowest BCUT2D eigenvalue weighted by atomic mass is 10.1. The maximum Gasteiger partial charge on any atom is 0.265 e. The average Bonchev–Trinajstić information content (AvgIpc) is 2.34. The van der Waals surface area contributed by atoms with Crippen molar-refractivity contribution in [3.63, 3.8) is 0 Å². The minimum atomic E-state index is -3.75. The van der Waals surface area contributed by atoms with Gasteiger partial charge in [0.2, 0.25) is 5.28 Å². The second-order valence-corrected chi connectivity index (χ2v) is 7.11. The summed E-state index contributed by atoms with van der Waals surface area (Å²) in [6, 6.07) is 3.73. The van der Waals surface area contributed by atoms with Gasteiger partial charge in [-0.15, -0.1) is 0 Å². The summed E-state index contributed by atoms with van der Waals surface area (Å²) in [5.41, 5.74) is 2.34. The molecular weight excluding hydrogens is 366 g/mol. The van der Waals surface area contributed by atoms with E-state index < -0.39 is 10.0 Å². The van der Waals surface area contributed by atoms with Crippen LogP contribution in [-0.2, 0) is 10.0 Å². The summed E-state index contributed by atoms with van der Waals surface area (Å²) < 4.78 is 27.7. The highest BCUT2D eigenvalue weighted by Gasteiger charge is 2.18. The third-order valence-electron chi connectivity index (χ3n) is 2.58. The Morgan fingerprint density at radius 1 is 1.20 bits per heavy atom. The van der Waals surface area contributed by atoms with E-state index in [2.05, 4.69) is 30.6 Å². The standard InChI is InChI=1S/C12H11BrClN3O2S/c1-7-3-8(2)11(10(13)4-7)17-20(18,19)9-5-15-12(14)16-6-9/h3-6,17H,1-2H3. The fourth-order valence-electron chi connectivity index (χ4n) is 1.68. The van der Waals surface area contributed by atoms with Crippen molar-refractivity contribution < 1.29 is 8.42 Å². The molecule has 0 bridgehead atoms. The number of nitrogens with one attached hydrogen (secondary N) is 1. The Labute approximate surface area is 130 Å². The van der Waals surface area contributed by atoms with E-state index in [4.69, 9.17) is 11.6 Å². The van der Waals surface area contributed by atoms with E-state index in [9.17, 15) is 8.42 Å². The van der Waals surface area contributed by atoms with Crippen molar-refractivity contribution in [2.24, 2.45) is 0 Å². The highest BCUT2D eigenvalue weighted by molar-refractivity contribution is 9.10. The van der Waals surface area contributed by atoms with Gasteiger partial charge in [-0.25, -0.2) is 18.4 Å². The van der Waals surface area contributed by atoms with E-state index >= 15 is 0 Å². The minimum absolute atomic E-state index is 0.00310. The molecule has 0 atom stereocenters. The van der Waals surface area contributed by atoms with Gasteiger partial charge in [-0.05, 0) is 58.6 Å². The number of sulfonamides is 1. The van der Waals surface area contributed by atoms with Crippen molar-refractivity contribution in [2.75, 3.05) is 4.72 Å². The zero-order valence-corrected chi connectivity index (χ0v) is 13.8. The third kappa shape index (κ3) is 3.28. The molecule has 1 aromatic heterocycles. The molecule has 1 heterocycles. The predicted octanol–water partition coefficient (Wildman–Crippen LogP) is 3.31. The maximum absolute atomic E-state index is 12.2. The number of benzene rings is 1. The van der Waals surface area contributed by atoms with Gasteiger partial charge in [-0.3, -0.25) is 4.72 Å². The van der Waals surface area contributed by atoms with Gasteiger partial charge in [0.1, 0.15) is 4.90 Å². The Morgan fingerprint density at radius 2 is 1.80 bits per heavy atom. The monoisotopic (exact) mass is 375 g/mol. The first-order valence-electron chi connectivity index (χ1n) is 5.57. The Balaban J connectivity index is 2.41. The molecule has 106 valence electrons. The minimum Gasteiger partial charge on any atom is -0.278 e. The molecule has 8 heteroatoms. The molecule has 0 radical (unpaired) electrons. The van der Waals surface area contributed by atoms with Gasteiger partial charge in [0.25, 0.3) is 10.0 Å². The number of aromatic nitrogens is 2. The lowest BCUT2D eigenvalue weighted by Crippen LogP contribution is -2.15. The molecule has 0 aliphatic heterocycles. The van der Waals surface area contributed by atoms with E-state index in [0.717, 1.165) is 23.5 Å². The van der Waals surface area contributed by atoms with Crippen LogP contribution in [0.5, 0.6) is 0 Å². The van der Waals surface area contributed by atoms with E-state index in [0.29, 0.717) is 10.2 Å². The van der Waals surface area contributed by atoms with Crippen molar-refractivity contribution in [3.8, 4) is 0 Å². The molecule has 0 spiro atoms. The summed E-state index contributed by atoms with van der Waals surface area (Å²) in [5, 5.41) is -0.00310. The normalized spacial score (nSPS) is 11.4. The van der Waals surface area contributed by atoms with Crippen molar-refractivity contribution >= 4 is 43.2 Å². The van der Waals surface area contributed by atoms with E-state index in [-0.39, 0.29) is 10.2 Å². The Hall–Kier alpha value is -1.18. The van der Waals surface area contributed by atoms with Crippen LogP contribution < -0.4 is 4.72 Å². The molecular formula is C12H11BrClN3O2S. The summed E-state index contributed by atoms with van der Waals surface area (Å²) in [7, 11) is -3.75. The van der Waals surface area contributed by atoms with Crippen LogP contribution >= 0.6 is 27.5 Å². The van der Waals surface area contributed by atoms with Gasteiger partial charge < -0.3 is 0 Å². The van der Waals surface area contributed by atoms with Crippen LogP contribution in [0.15, 0.2) is 33.9 Å². The number of hydrogen-bond donors (Lipinski definition) is 1. The molecule has 0 unspecified atom stereocenters. The number of aryl methyl sites for hydroxylation is 2. The Bertz CT molecular complexity index is 725. The first-order chi connectivity index (χ1) is 9.29. The zero-order valence-electron chi connectivity index (χ0n) is 10.7. The van der Waals surface area contributed by atoms with Gasteiger partial charge in [0.15, 0.2) is 0 Å². The lowest BCUT2D eigenvalue weighted by Gasteiger charge is -2.13. The highest BCUT2D eigenvalue weighted by atomic mass is 79.9. The topological polar surface area (TPSA) is 72.0 Å². The molecule has 1 N–H and O–H groups in total. The SMILES string of the molecule is Cc1cc(C)c(NS(=O)(=O)c2cnc(Cl)nc2)c(Br)c1. The van der Waals surface area contributed by atoms with Crippen molar-refractivity contribution in [1.29, 1.82) is 0 Å². The summed E-state index contributed by atoms with van der Waals surface area (Å²) in [6.07, 6.45) is 2.32. The fourth-order valence-corrected chi connectivity index (χ4v) is 3.72. The van der Waals surface area contributed by atoms with Crippen molar-refractivity contribution in [2.45, 2.75) is 18.7 Å². The first kappa shape index (κ1) is 15.2. The number of anilines is 1. The predicted molar refractivity (Wildman–Crippen MR) is 81.5 cm³/mol. The molecule has 1 aromatic carbocycles. The maximum atomic E-state index is 12.2. The third-order valence-corrected chi connectivity index (χ3v) is 4.70. The zero-order chi connectivity index (χ0) is 14.9. The van der Waals surface area contributed by atoms with Gasteiger partial charge in [0, 0.05) is 4.47 Å². The second-order valence-electron chi connectivity index (χ2n) is 4.23. The molecule has 2 aromatic rings. The smallest absolute Gasteiger partial charge is 0.265 e. The summed E-state index contributed by atoms with van der Waals surface area (Å²) >= 11 is 8.90. The van der Waals surface area contributed by atoms with Gasteiger partial charge in [0.05, 0.1) is 18.1 Å². The first-order valence-corrected chi connectivity index (χ1v) is 8.22. The van der Waals surface area contributed by atoms with Gasteiger partial charge in [-0.1, -0.05) is 6.07 Å². The number of hydrogen-bond acceptors (Lipinski definition) is 4. The summed E-state index contributed by atoms with van der Waals surface area (Å²) in [4.78, 5) is 7.29. The molecule has 20 heavy (non-hydrogen) atoms. The van der Waals surface area contributed by atoms with Crippen LogP contribution in [-0.4, -0.2) is 18.4 Å². The van der Waals surface area contributed by atoms with E-state index in [1.54, 1.807) is 0 Å². The van der Waals surface area contributed by atoms with Gasteiger partial charge >= 0.3 is 0 Å². The molecule has 5 nitrogen and oxygen atoms in total. The molecule has 0 amide bonds. The molecule has 0 aliphatic rings.